The van der Waals surface area contributed by atoms with Crippen LogP contribution < -0.4 is 0 Å². The quantitative estimate of drug-likeness (QED) is 0.446. The molecular formula is C11H19NO4. The molecule has 5 nitrogen and oxygen atoms in total. The fourth-order valence-corrected chi connectivity index (χ4v) is 1.00. The van der Waals surface area contributed by atoms with Gasteiger partial charge in [0.1, 0.15) is 0 Å². The van der Waals surface area contributed by atoms with Crippen LogP contribution >= 0.6 is 0 Å². The van der Waals surface area contributed by atoms with Crippen molar-refractivity contribution in [2.45, 2.75) is 39.3 Å². The summed E-state index contributed by atoms with van der Waals surface area (Å²) in [5.41, 5.74) is -0.839. The number of ether oxygens (including phenoxy) is 1. The maximum absolute atomic E-state index is 11.5. The summed E-state index contributed by atoms with van der Waals surface area (Å²) in [5.74, 6) is -0.556. The normalized spacial score (nSPS) is 10.8. The fourth-order valence-electron chi connectivity index (χ4n) is 1.00. The molecule has 1 amide bonds. The van der Waals surface area contributed by atoms with Crippen LogP contribution in [0.2, 0.25) is 0 Å². The van der Waals surface area contributed by atoms with Crippen molar-refractivity contribution in [3.05, 3.63) is 12.2 Å². The minimum atomic E-state index is -1.19. The lowest BCUT2D eigenvalue weighted by Crippen LogP contribution is -2.47. The molecular weight excluding hydrogens is 210 g/mol. The summed E-state index contributed by atoms with van der Waals surface area (Å²) in [4.78, 5) is 23.2. The number of carboxylic acid groups (broad SMARTS) is 1. The molecule has 0 aliphatic carbocycles. The van der Waals surface area contributed by atoms with Crippen LogP contribution in [0.4, 0.5) is 4.79 Å². The van der Waals surface area contributed by atoms with Gasteiger partial charge >= 0.3 is 12.1 Å². The highest BCUT2D eigenvalue weighted by atomic mass is 16.6. The van der Waals surface area contributed by atoms with Gasteiger partial charge in [0, 0.05) is 12.6 Å². The number of hydrogen-bond acceptors (Lipinski definition) is 3. The maximum Gasteiger partial charge on any atom is 0.410 e. The molecule has 1 N–H and O–H groups in total. The van der Waals surface area contributed by atoms with E-state index in [1.165, 1.54) is 20.9 Å². The van der Waals surface area contributed by atoms with Crippen LogP contribution in [0.1, 0.15) is 33.6 Å². The predicted octanol–water partition coefficient (Wildman–Crippen LogP) is 2.23. The number of hydrogen-bond donors (Lipinski definition) is 1. The van der Waals surface area contributed by atoms with Crippen molar-refractivity contribution < 1.29 is 19.4 Å². The second kappa shape index (κ2) is 5.53. The zero-order valence-corrected chi connectivity index (χ0v) is 10.2. The molecule has 0 unspecified atom stereocenters. The Hall–Kier alpha value is -1.52. The number of rotatable bonds is 5. The van der Waals surface area contributed by atoms with E-state index in [0.717, 1.165) is 11.3 Å². The monoisotopic (exact) mass is 229 g/mol. The van der Waals surface area contributed by atoms with Crippen molar-refractivity contribution in [2.24, 2.45) is 0 Å². The Morgan fingerprint density at radius 3 is 2.31 bits per heavy atom. The standard InChI is InChI=1S/C11H19NO4/c1-6-7-8(2)9(13)16-11(3,4)12(5)10(14)15/h2,6-7H2,1,3-5H3,(H,14,15). The molecule has 0 atom stereocenters. The van der Waals surface area contributed by atoms with E-state index in [4.69, 9.17) is 9.84 Å². The lowest BCUT2D eigenvalue weighted by molar-refractivity contribution is -0.165. The highest BCUT2D eigenvalue weighted by Gasteiger charge is 2.31. The first kappa shape index (κ1) is 14.5. The van der Waals surface area contributed by atoms with Gasteiger partial charge in [-0.15, -0.1) is 0 Å². The smallest absolute Gasteiger partial charge is 0.410 e. The Kier molecular flexibility index (Phi) is 5.01. The molecule has 0 aromatic carbocycles. The van der Waals surface area contributed by atoms with Gasteiger partial charge in [-0.3, -0.25) is 4.90 Å². The lowest BCUT2D eigenvalue weighted by Gasteiger charge is -2.32. The van der Waals surface area contributed by atoms with Gasteiger partial charge in [0.05, 0.1) is 0 Å². The minimum absolute atomic E-state index is 0.356. The summed E-state index contributed by atoms with van der Waals surface area (Å²) < 4.78 is 5.08. The number of amides is 1. The SMILES string of the molecule is C=C(CCC)C(=O)OC(C)(C)N(C)C(=O)O. The number of carbonyl (C=O) groups excluding carboxylic acids is 1. The van der Waals surface area contributed by atoms with Gasteiger partial charge in [0.2, 0.25) is 0 Å². The zero-order chi connectivity index (χ0) is 12.9. The summed E-state index contributed by atoms with van der Waals surface area (Å²) in [6.45, 7) is 8.54. The lowest BCUT2D eigenvalue weighted by atomic mass is 10.2. The third-order valence-corrected chi connectivity index (χ3v) is 2.28. The Morgan fingerprint density at radius 2 is 1.94 bits per heavy atom. The van der Waals surface area contributed by atoms with Gasteiger partial charge in [-0.25, -0.2) is 9.59 Å². The van der Waals surface area contributed by atoms with E-state index in [0.29, 0.717) is 12.0 Å². The number of esters is 1. The first-order chi connectivity index (χ1) is 7.22. The van der Waals surface area contributed by atoms with Crippen molar-refractivity contribution in [3.8, 4) is 0 Å². The van der Waals surface area contributed by atoms with Crippen LogP contribution in [-0.4, -0.2) is 34.8 Å². The van der Waals surface area contributed by atoms with Gasteiger partial charge in [-0.1, -0.05) is 19.9 Å². The van der Waals surface area contributed by atoms with Crippen molar-refractivity contribution >= 4 is 12.1 Å². The van der Waals surface area contributed by atoms with E-state index < -0.39 is 17.8 Å². The molecule has 92 valence electrons. The first-order valence-corrected chi connectivity index (χ1v) is 5.10. The van der Waals surface area contributed by atoms with Gasteiger partial charge in [-0.05, 0) is 20.3 Å². The molecule has 0 spiro atoms. The van der Waals surface area contributed by atoms with E-state index in [1.54, 1.807) is 0 Å². The van der Waals surface area contributed by atoms with Crippen LogP contribution in [-0.2, 0) is 9.53 Å². The summed E-state index contributed by atoms with van der Waals surface area (Å²) >= 11 is 0. The topological polar surface area (TPSA) is 66.8 Å². The van der Waals surface area contributed by atoms with Crippen molar-refractivity contribution in [1.82, 2.24) is 4.90 Å². The predicted molar refractivity (Wildman–Crippen MR) is 60.0 cm³/mol. The van der Waals surface area contributed by atoms with E-state index in [2.05, 4.69) is 6.58 Å². The number of nitrogens with zero attached hydrogens (tertiary/aromatic N) is 1. The Labute approximate surface area is 95.7 Å². The first-order valence-electron chi connectivity index (χ1n) is 5.10. The molecule has 0 aromatic rings. The molecule has 0 heterocycles. The molecule has 0 radical (unpaired) electrons. The Balaban J connectivity index is 4.53. The second-order valence-corrected chi connectivity index (χ2v) is 4.03. The summed E-state index contributed by atoms with van der Waals surface area (Å²) in [7, 11) is 1.35. The largest absolute Gasteiger partial charge is 0.465 e. The highest BCUT2D eigenvalue weighted by Crippen LogP contribution is 2.17. The molecule has 0 saturated heterocycles. The summed E-state index contributed by atoms with van der Waals surface area (Å²) in [6, 6.07) is 0. The summed E-state index contributed by atoms with van der Waals surface area (Å²) in [6.07, 6.45) is 0.188. The van der Waals surface area contributed by atoms with Gasteiger partial charge in [0.15, 0.2) is 5.72 Å². The summed E-state index contributed by atoms with van der Waals surface area (Å²) in [5, 5.41) is 8.78. The zero-order valence-electron chi connectivity index (χ0n) is 10.2. The fraction of sp³-hybridized carbons (Fsp3) is 0.636. The third kappa shape index (κ3) is 3.92. The van der Waals surface area contributed by atoms with Crippen LogP contribution in [0.5, 0.6) is 0 Å². The van der Waals surface area contributed by atoms with Crippen LogP contribution in [0.25, 0.3) is 0 Å². The molecule has 0 rings (SSSR count). The van der Waals surface area contributed by atoms with E-state index in [-0.39, 0.29) is 0 Å². The average Bonchev–Trinajstić information content (AvgIpc) is 2.16. The minimum Gasteiger partial charge on any atom is -0.465 e. The molecule has 0 aliphatic heterocycles. The molecule has 0 fully saturated rings. The molecule has 0 bridgehead atoms. The van der Waals surface area contributed by atoms with Gasteiger partial charge in [-0.2, -0.15) is 0 Å². The van der Waals surface area contributed by atoms with Crippen LogP contribution in [0.3, 0.4) is 0 Å². The van der Waals surface area contributed by atoms with E-state index in [1.807, 2.05) is 6.92 Å². The van der Waals surface area contributed by atoms with Crippen LogP contribution in [0.15, 0.2) is 12.2 Å². The molecule has 0 aliphatic rings. The second-order valence-electron chi connectivity index (χ2n) is 4.03. The highest BCUT2D eigenvalue weighted by molar-refractivity contribution is 5.88. The molecule has 0 aromatic heterocycles. The van der Waals surface area contributed by atoms with Crippen LogP contribution in [0, 0.1) is 0 Å². The molecule has 16 heavy (non-hydrogen) atoms. The average molecular weight is 229 g/mol. The number of carbonyl (C=O) groups is 2. The molecule has 0 saturated carbocycles. The third-order valence-electron chi connectivity index (χ3n) is 2.28. The van der Waals surface area contributed by atoms with Crippen molar-refractivity contribution in [3.63, 3.8) is 0 Å². The maximum atomic E-state index is 11.5. The van der Waals surface area contributed by atoms with Crippen molar-refractivity contribution in [1.29, 1.82) is 0 Å². The van der Waals surface area contributed by atoms with E-state index >= 15 is 0 Å². The Morgan fingerprint density at radius 1 is 1.44 bits per heavy atom. The van der Waals surface area contributed by atoms with Gasteiger partial charge in [0.25, 0.3) is 0 Å². The van der Waals surface area contributed by atoms with Crippen molar-refractivity contribution in [2.75, 3.05) is 7.05 Å². The Bertz CT molecular complexity index is 296. The van der Waals surface area contributed by atoms with E-state index in [9.17, 15) is 9.59 Å². The molecule has 5 heteroatoms. The van der Waals surface area contributed by atoms with Gasteiger partial charge < -0.3 is 9.84 Å².